The zero-order chi connectivity index (χ0) is 20.1. The fourth-order valence-corrected chi connectivity index (χ4v) is 4.10. The van der Waals surface area contributed by atoms with Crippen molar-refractivity contribution >= 4 is 27.3 Å². The molecule has 0 radical (unpaired) electrons. The smallest absolute Gasteiger partial charge is 0.255 e. The molecule has 3 rings (SSSR count). The summed E-state index contributed by atoms with van der Waals surface area (Å²) in [5, 5.41) is 2.79. The van der Waals surface area contributed by atoms with Crippen molar-refractivity contribution in [2.75, 3.05) is 24.7 Å². The molecule has 1 fully saturated rings. The number of amides is 2. The van der Waals surface area contributed by atoms with E-state index in [9.17, 15) is 18.0 Å². The fraction of sp³-hybridized carbons (Fsp3) is 0.333. The average Bonchev–Trinajstić information content (AvgIpc) is 2.67. The van der Waals surface area contributed by atoms with E-state index in [0.717, 1.165) is 38.6 Å². The second-order valence-corrected chi connectivity index (χ2v) is 9.30. The first-order valence-electron chi connectivity index (χ1n) is 9.29. The van der Waals surface area contributed by atoms with Crippen LogP contribution in [-0.4, -0.2) is 44.5 Å². The zero-order valence-corrected chi connectivity index (χ0v) is 16.7. The molecule has 0 aliphatic carbocycles. The lowest BCUT2D eigenvalue weighted by atomic mass is 10.1. The van der Waals surface area contributed by atoms with E-state index in [2.05, 4.69) is 5.32 Å². The number of hydrogen-bond donors (Lipinski definition) is 1. The third-order valence-corrected chi connectivity index (χ3v) is 5.49. The van der Waals surface area contributed by atoms with Crippen LogP contribution in [0.5, 0.6) is 0 Å². The highest BCUT2D eigenvalue weighted by atomic mass is 32.2. The molecule has 2 aromatic rings. The number of carbonyl (C=O) groups excluding carboxylic acids is 2. The summed E-state index contributed by atoms with van der Waals surface area (Å²) >= 11 is 0. The Morgan fingerprint density at radius 3 is 2.36 bits per heavy atom. The van der Waals surface area contributed by atoms with Gasteiger partial charge in [0.2, 0.25) is 0 Å². The van der Waals surface area contributed by atoms with Gasteiger partial charge in [0.05, 0.1) is 5.75 Å². The van der Waals surface area contributed by atoms with Crippen LogP contribution in [0.1, 0.15) is 45.5 Å². The van der Waals surface area contributed by atoms with E-state index in [0.29, 0.717) is 22.4 Å². The third-order valence-electron chi connectivity index (χ3n) is 4.63. The minimum Gasteiger partial charge on any atom is -0.339 e. The number of nitrogens with one attached hydrogen (secondary N) is 1. The Morgan fingerprint density at radius 2 is 1.64 bits per heavy atom. The SMILES string of the molecule is CS(=O)(=O)Cc1cccc(C(=O)Nc2cccc(C(=O)N3CCCCC3)c2)c1. The Morgan fingerprint density at radius 1 is 0.964 bits per heavy atom. The Bertz CT molecular complexity index is 979. The molecule has 0 aromatic heterocycles. The summed E-state index contributed by atoms with van der Waals surface area (Å²) in [7, 11) is -3.18. The highest BCUT2D eigenvalue weighted by Gasteiger charge is 2.18. The zero-order valence-electron chi connectivity index (χ0n) is 15.8. The Labute approximate surface area is 165 Å². The van der Waals surface area contributed by atoms with Crippen molar-refractivity contribution in [3.8, 4) is 0 Å². The van der Waals surface area contributed by atoms with E-state index in [1.807, 2.05) is 4.90 Å². The number of piperidine rings is 1. The molecule has 1 aliphatic rings. The van der Waals surface area contributed by atoms with Crippen LogP contribution < -0.4 is 5.32 Å². The lowest BCUT2D eigenvalue weighted by molar-refractivity contribution is 0.0724. The number of anilines is 1. The van der Waals surface area contributed by atoms with Crippen LogP contribution >= 0.6 is 0 Å². The maximum Gasteiger partial charge on any atom is 0.255 e. The van der Waals surface area contributed by atoms with Gasteiger partial charge in [0.1, 0.15) is 0 Å². The van der Waals surface area contributed by atoms with Gasteiger partial charge in [-0.2, -0.15) is 0 Å². The number of benzene rings is 2. The van der Waals surface area contributed by atoms with E-state index < -0.39 is 9.84 Å². The van der Waals surface area contributed by atoms with Gasteiger partial charge in [-0.1, -0.05) is 18.2 Å². The molecule has 2 amide bonds. The van der Waals surface area contributed by atoms with Crippen LogP contribution in [0.25, 0.3) is 0 Å². The van der Waals surface area contributed by atoms with E-state index in [-0.39, 0.29) is 17.6 Å². The second-order valence-electron chi connectivity index (χ2n) is 7.16. The predicted octanol–water partition coefficient (Wildman–Crippen LogP) is 3.11. The molecule has 0 unspecified atom stereocenters. The molecule has 1 heterocycles. The molecular weight excluding hydrogens is 376 g/mol. The Hall–Kier alpha value is -2.67. The summed E-state index contributed by atoms with van der Waals surface area (Å²) in [6.07, 6.45) is 4.35. The number of carbonyl (C=O) groups is 2. The van der Waals surface area contributed by atoms with Gasteiger partial charge < -0.3 is 10.2 Å². The summed E-state index contributed by atoms with van der Waals surface area (Å²) in [6, 6.07) is 13.4. The van der Waals surface area contributed by atoms with Crippen LogP contribution in [0.4, 0.5) is 5.69 Å². The number of hydrogen-bond acceptors (Lipinski definition) is 4. The van der Waals surface area contributed by atoms with Crippen LogP contribution in [0.15, 0.2) is 48.5 Å². The Balaban J connectivity index is 1.72. The summed E-state index contributed by atoms with van der Waals surface area (Å²) in [5.74, 6) is -0.489. The lowest BCUT2D eigenvalue weighted by Gasteiger charge is -2.26. The van der Waals surface area contributed by atoms with E-state index in [4.69, 9.17) is 0 Å². The molecule has 0 atom stereocenters. The molecule has 2 aromatic carbocycles. The highest BCUT2D eigenvalue weighted by Crippen LogP contribution is 2.17. The molecule has 6 nitrogen and oxygen atoms in total. The summed E-state index contributed by atoms with van der Waals surface area (Å²) in [6.45, 7) is 1.53. The molecule has 28 heavy (non-hydrogen) atoms. The van der Waals surface area contributed by atoms with Gasteiger partial charge in [-0.25, -0.2) is 8.42 Å². The number of rotatable bonds is 5. The lowest BCUT2D eigenvalue weighted by Crippen LogP contribution is -2.35. The van der Waals surface area contributed by atoms with E-state index >= 15 is 0 Å². The molecule has 0 saturated carbocycles. The third kappa shape index (κ3) is 5.42. The average molecular weight is 401 g/mol. The second kappa shape index (κ2) is 8.56. The molecule has 0 bridgehead atoms. The van der Waals surface area contributed by atoms with Crippen molar-refractivity contribution in [2.24, 2.45) is 0 Å². The van der Waals surface area contributed by atoms with Crippen molar-refractivity contribution in [3.05, 3.63) is 65.2 Å². The van der Waals surface area contributed by atoms with Crippen molar-refractivity contribution in [1.82, 2.24) is 4.90 Å². The van der Waals surface area contributed by atoms with Crippen LogP contribution in [-0.2, 0) is 15.6 Å². The van der Waals surface area contributed by atoms with Gasteiger partial charge in [-0.3, -0.25) is 9.59 Å². The maximum absolute atomic E-state index is 12.6. The van der Waals surface area contributed by atoms with Gasteiger partial charge in [0.15, 0.2) is 9.84 Å². The first kappa shape index (κ1) is 20.1. The monoisotopic (exact) mass is 400 g/mol. The van der Waals surface area contributed by atoms with Gasteiger partial charge in [0.25, 0.3) is 11.8 Å². The van der Waals surface area contributed by atoms with Crippen LogP contribution in [0.3, 0.4) is 0 Å². The van der Waals surface area contributed by atoms with Crippen molar-refractivity contribution in [2.45, 2.75) is 25.0 Å². The fourth-order valence-electron chi connectivity index (χ4n) is 3.32. The Kier molecular flexibility index (Phi) is 6.14. The van der Waals surface area contributed by atoms with Crippen LogP contribution in [0, 0.1) is 0 Å². The maximum atomic E-state index is 12.6. The quantitative estimate of drug-likeness (QED) is 0.836. The number of sulfone groups is 1. The van der Waals surface area contributed by atoms with E-state index in [1.54, 1.807) is 48.5 Å². The van der Waals surface area contributed by atoms with Gasteiger partial charge in [-0.15, -0.1) is 0 Å². The summed E-state index contributed by atoms with van der Waals surface area (Å²) in [5.41, 5.74) is 2.00. The number of likely N-dealkylation sites (tertiary alicyclic amines) is 1. The highest BCUT2D eigenvalue weighted by molar-refractivity contribution is 7.89. The predicted molar refractivity (Wildman–Crippen MR) is 109 cm³/mol. The van der Waals surface area contributed by atoms with Gasteiger partial charge >= 0.3 is 0 Å². The van der Waals surface area contributed by atoms with Crippen molar-refractivity contribution < 1.29 is 18.0 Å². The largest absolute Gasteiger partial charge is 0.339 e. The standard InChI is InChI=1S/C21H24N2O4S/c1-28(26,27)15-16-7-5-8-17(13-16)20(24)22-19-10-6-9-18(14-19)21(25)23-11-3-2-4-12-23/h5-10,13-14H,2-4,11-12,15H2,1H3,(H,22,24). The van der Waals surface area contributed by atoms with Crippen molar-refractivity contribution in [3.63, 3.8) is 0 Å². The van der Waals surface area contributed by atoms with Gasteiger partial charge in [-0.05, 0) is 55.2 Å². The van der Waals surface area contributed by atoms with Crippen LogP contribution in [0.2, 0.25) is 0 Å². The summed E-state index contributed by atoms with van der Waals surface area (Å²) in [4.78, 5) is 27.0. The number of nitrogens with zero attached hydrogens (tertiary/aromatic N) is 1. The first-order valence-corrected chi connectivity index (χ1v) is 11.4. The topological polar surface area (TPSA) is 83.5 Å². The first-order chi connectivity index (χ1) is 13.3. The summed E-state index contributed by atoms with van der Waals surface area (Å²) < 4.78 is 22.9. The molecule has 1 N–H and O–H groups in total. The molecule has 1 saturated heterocycles. The minimum absolute atomic E-state index is 0.0223. The molecule has 1 aliphatic heterocycles. The molecule has 148 valence electrons. The molecule has 7 heteroatoms. The minimum atomic E-state index is -3.18. The van der Waals surface area contributed by atoms with Gasteiger partial charge in [0, 0.05) is 36.2 Å². The van der Waals surface area contributed by atoms with E-state index in [1.165, 1.54) is 0 Å². The molecule has 0 spiro atoms. The normalized spacial score (nSPS) is 14.5. The molecular formula is C21H24N2O4S. The van der Waals surface area contributed by atoms with Crippen molar-refractivity contribution in [1.29, 1.82) is 0 Å².